The molecule has 7 heteroatoms. The molecule has 5 nitrogen and oxygen atoms in total. The van der Waals surface area contributed by atoms with Gasteiger partial charge in [-0.15, -0.1) is 0 Å². The van der Waals surface area contributed by atoms with Crippen molar-refractivity contribution in [3.63, 3.8) is 0 Å². The number of aromatic nitrogens is 1. The van der Waals surface area contributed by atoms with Crippen LogP contribution < -0.4 is 5.32 Å². The molecule has 1 atom stereocenters. The Labute approximate surface area is 162 Å². The average Bonchev–Trinajstić information content (AvgIpc) is 2.67. The maximum Gasteiger partial charge on any atom is 0.207 e. The fraction of sp³-hybridized carbons (Fsp3) is 0.429. The summed E-state index contributed by atoms with van der Waals surface area (Å²) >= 11 is 0. The number of carbonyl (C=O) groups excluding carboxylic acids is 1. The van der Waals surface area contributed by atoms with Gasteiger partial charge in [0.25, 0.3) is 0 Å². The molecule has 2 N–H and O–H groups in total. The largest absolute Gasteiger partial charge is 0.386 e. The molecule has 1 aromatic carbocycles. The zero-order valence-corrected chi connectivity index (χ0v) is 16.0. The second-order valence-electron chi connectivity index (χ2n) is 7.58. The minimum Gasteiger partial charge on any atom is -0.386 e. The number of amides is 1. The van der Waals surface area contributed by atoms with Gasteiger partial charge in [-0.25, -0.2) is 13.8 Å². The zero-order chi connectivity index (χ0) is 20.4. The van der Waals surface area contributed by atoms with Crippen molar-refractivity contribution in [2.24, 2.45) is 0 Å². The molecule has 2 aromatic rings. The van der Waals surface area contributed by atoms with Crippen molar-refractivity contribution in [1.82, 2.24) is 10.3 Å². The number of ether oxygens (including phenoxy) is 1. The van der Waals surface area contributed by atoms with E-state index < -0.39 is 22.8 Å². The Hall–Kier alpha value is -2.38. The fourth-order valence-electron chi connectivity index (χ4n) is 3.50. The van der Waals surface area contributed by atoms with Crippen LogP contribution in [0, 0.1) is 11.6 Å². The average molecular weight is 390 g/mol. The van der Waals surface area contributed by atoms with E-state index >= 15 is 4.39 Å². The molecule has 2 heterocycles. The lowest BCUT2D eigenvalue weighted by molar-refractivity contribution is -0.115. The molecule has 0 saturated carbocycles. The van der Waals surface area contributed by atoms with Crippen molar-refractivity contribution < 1.29 is 23.4 Å². The topological polar surface area (TPSA) is 71.5 Å². The molecule has 1 amide bonds. The predicted molar refractivity (Wildman–Crippen MR) is 100 cm³/mol. The van der Waals surface area contributed by atoms with Crippen LogP contribution in [0.3, 0.4) is 0 Å². The smallest absolute Gasteiger partial charge is 0.207 e. The van der Waals surface area contributed by atoms with E-state index in [9.17, 15) is 14.3 Å². The Morgan fingerprint density at radius 3 is 2.57 bits per heavy atom. The Morgan fingerprint density at radius 1 is 1.29 bits per heavy atom. The van der Waals surface area contributed by atoms with Crippen LogP contribution in [0.2, 0.25) is 0 Å². The van der Waals surface area contributed by atoms with Crippen LogP contribution >= 0.6 is 0 Å². The lowest BCUT2D eigenvalue weighted by Crippen LogP contribution is -2.43. The predicted octanol–water partition coefficient (Wildman–Crippen LogP) is 3.40. The molecule has 1 fully saturated rings. The van der Waals surface area contributed by atoms with E-state index in [-0.39, 0.29) is 17.8 Å². The van der Waals surface area contributed by atoms with Gasteiger partial charge in [-0.2, -0.15) is 0 Å². The van der Waals surface area contributed by atoms with Crippen LogP contribution in [0.15, 0.2) is 30.3 Å². The summed E-state index contributed by atoms with van der Waals surface area (Å²) in [5.41, 5.74) is -1.49. The summed E-state index contributed by atoms with van der Waals surface area (Å²) in [6.45, 7) is 3.65. The first-order valence-corrected chi connectivity index (χ1v) is 9.28. The van der Waals surface area contributed by atoms with Gasteiger partial charge < -0.3 is 15.2 Å². The number of nitrogens with one attached hydrogen (secondary N) is 1. The van der Waals surface area contributed by atoms with Gasteiger partial charge in [-0.05, 0) is 63.4 Å². The standard InChI is InChI=1S/C21H24F2N2O3/c1-20(2,27)16-11-17(21(12-24-13-26)9-3-4-10-28-21)25-19(18(16)23)14-5-7-15(22)8-6-14/h5-8,11,13,27H,3-4,9-10,12H2,1-2H3,(H,24,26). The summed E-state index contributed by atoms with van der Waals surface area (Å²) in [4.78, 5) is 15.4. The Kier molecular flexibility index (Phi) is 5.76. The molecular formula is C21H24F2N2O3. The number of hydrogen-bond donors (Lipinski definition) is 2. The van der Waals surface area contributed by atoms with Crippen molar-refractivity contribution in [3.05, 3.63) is 53.2 Å². The number of nitrogens with zero attached hydrogens (tertiary/aromatic N) is 1. The van der Waals surface area contributed by atoms with Crippen molar-refractivity contribution in [2.75, 3.05) is 13.2 Å². The Morgan fingerprint density at radius 2 is 2.00 bits per heavy atom. The van der Waals surface area contributed by atoms with E-state index in [1.807, 2.05) is 0 Å². The van der Waals surface area contributed by atoms with Gasteiger partial charge in [0.15, 0.2) is 5.82 Å². The normalized spacial score (nSPS) is 20.0. The highest BCUT2D eigenvalue weighted by Crippen LogP contribution is 2.38. The molecule has 1 aliphatic heterocycles. The molecule has 0 spiro atoms. The van der Waals surface area contributed by atoms with Crippen molar-refractivity contribution in [1.29, 1.82) is 0 Å². The number of carbonyl (C=O) groups is 1. The van der Waals surface area contributed by atoms with E-state index in [0.717, 1.165) is 12.8 Å². The second-order valence-corrected chi connectivity index (χ2v) is 7.58. The highest BCUT2D eigenvalue weighted by molar-refractivity contribution is 5.62. The van der Waals surface area contributed by atoms with Crippen molar-refractivity contribution in [2.45, 2.75) is 44.3 Å². The minimum absolute atomic E-state index is 0.00859. The summed E-state index contributed by atoms with van der Waals surface area (Å²) in [5.74, 6) is -1.11. The van der Waals surface area contributed by atoms with Crippen LogP contribution in [0.25, 0.3) is 11.3 Å². The number of hydrogen-bond acceptors (Lipinski definition) is 4. The third-order valence-corrected chi connectivity index (χ3v) is 5.03. The molecule has 0 aliphatic carbocycles. The number of pyridine rings is 1. The molecule has 1 aromatic heterocycles. The van der Waals surface area contributed by atoms with E-state index in [2.05, 4.69) is 10.3 Å². The summed E-state index contributed by atoms with van der Waals surface area (Å²) < 4.78 is 34.6. The Bertz CT molecular complexity index is 842. The fourth-order valence-corrected chi connectivity index (χ4v) is 3.50. The van der Waals surface area contributed by atoms with Crippen molar-refractivity contribution >= 4 is 6.41 Å². The van der Waals surface area contributed by atoms with Crippen LogP contribution in [0.4, 0.5) is 8.78 Å². The molecule has 1 aliphatic rings. The van der Waals surface area contributed by atoms with Gasteiger partial charge in [0.2, 0.25) is 6.41 Å². The third kappa shape index (κ3) is 4.05. The summed E-state index contributed by atoms with van der Waals surface area (Å²) in [7, 11) is 0. The lowest BCUT2D eigenvalue weighted by Gasteiger charge is -2.37. The molecule has 0 bridgehead atoms. The van der Waals surface area contributed by atoms with Crippen LogP contribution in [0.1, 0.15) is 44.4 Å². The third-order valence-electron chi connectivity index (χ3n) is 5.03. The lowest BCUT2D eigenvalue weighted by atomic mass is 9.86. The Balaban J connectivity index is 2.21. The highest BCUT2D eigenvalue weighted by Gasteiger charge is 2.39. The molecule has 0 radical (unpaired) electrons. The monoisotopic (exact) mass is 390 g/mol. The molecule has 3 rings (SSSR count). The molecule has 1 saturated heterocycles. The number of halogens is 2. The molecule has 1 unspecified atom stereocenters. The van der Waals surface area contributed by atoms with Gasteiger partial charge in [0.1, 0.15) is 17.1 Å². The number of rotatable bonds is 6. The first kappa shape index (κ1) is 20.4. The van der Waals surface area contributed by atoms with Crippen LogP contribution in [-0.2, 0) is 20.7 Å². The summed E-state index contributed by atoms with van der Waals surface area (Å²) in [6, 6.07) is 6.84. The highest BCUT2D eigenvalue weighted by atomic mass is 19.1. The van der Waals surface area contributed by atoms with Gasteiger partial charge in [0, 0.05) is 17.7 Å². The van der Waals surface area contributed by atoms with Gasteiger partial charge >= 0.3 is 0 Å². The van der Waals surface area contributed by atoms with Gasteiger partial charge in [-0.3, -0.25) is 4.79 Å². The van der Waals surface area contributed by atoms with Gasteiger partial charge in [-0.1, -0.05) is 0 Å². The van der Waals surface area contributed by atoms with Crippen LogP contribution in [0.5, 0.6) is 0 Å². The van der Waals surface area contributed by atoms with E-state index in [1.165, 1.54) is 44.2 Å². The SMILES string of the molecule is CC(C)(O)c1cc(C2(CNC=O)CCCCO2)nc(-c2ccc(F)cc2)c1F. The number of aliphatic hydroxyl groups is 1. The maximum absolute atomic E-state index is 15.2. The van der Waals surface area contributed by atoms with Gasteiger partial charge in [0.05, 0.1) is 17.8 Å². The van der Waals surface area contributed by atoms with E-state index in [4.69, 9.17) is 4.74 Å². The zero-order valence-electron chi connectivity index (χ0n) is 16.0. The quantitative estimate of drug-likeness (QED) is 0.742. The maximum atomic E-state index is 15.2. The molecular weight excluding hydrogens is 366 g/mol. The minimum atomic E-state index is -1.47. The molecule has 150 valence electrons. The summed E-state index contributed by atoms with van der Waals surface area (Å²) in [6.07, 6.45) is 2.93. The first-order valence-electron chi connectivity index (χ1n) is 9.28. The second kappa shape index (κ2) is 7.93. The summed E-state index contributed by atoms with van der Waals surface area (Å²) in [5, 5.41) is 13.2. The molecule has 28 heavy (non-hydrogen) atoms. The van der Waals surface area contributed by atoms with Crippen LogP contribution in [-0.4, -0.2) is 29.7 Å². The first-order chi connectivity index (χ1) is 13.3. The van der Waals surface area contributed by atoms with E-state index in [0.29, 0.717) is 30.7 Å². The number of benzene rings is 1. The van der Waals surface area contributed by atoms with Crippen molar-refractivity contribution in [3.8, 4) is 11.3 Å². The van der Waals surface area contributed by atoms with E-state index in [1.54, 1.807) is 0 Å².